The summed E-state index contributed by atoms with van der Waals surface area (Å²) < 4.78 is 0. The maximum Gasteiger partial charge on any atom is 0.326 e. The zero-order valence-corrected chi connectivity index (χ0v) is 22.7. The van der Waals surface area contributed by atoms with E-state index in [0.717, 1.165) is 10.9 Å². The fourth-order valence-electron chi connectivity index (χ4n) is 4.20. The Bertz CT molecular complexity index is 1180. The van der Waals surface area contributed by atoms with E-state index >= 15 is 0 Å². The van der Waals surface area contributed by atoms with Crippen LogP contribution in [0.3, 0.4) is 0 Å². The van der Waals surface area contributed by atoms with Crippen molar-refractivity contribution < 1.29 is 34.2 Å². The van der Waals surface area contributed by atoms with Gasteiger partial charge in [-0.3, -0.25) is 19.2 Å². The third-order valence-corrected chi connectivity index (χ3v) is 6.30. The summed E-state index contributed by atoms with van der Waals surface area (Å²) in [6.45, 7) is 7.11. The van der Waals surface area contributed by atoms with Crippen molar-refractivity contribution in [3.8, 4) is 0 Å². The van der Waals surface area contributed by atoms with Gasteiger partial charge in [-0.2, -0.15) is 0 Å². The molecule has 0 saturated carbocycles. The molecule has 1 heterocycles. The fraction of sp³-hybridized carbons (Fsp3) is 0.519. The van der Waals surface area contributed by atoms with Crippen molar-refractivity contribution in [2.45, 2.75) is 77.5 Å². The molecule has 4 atom stereocenters. The minimum Gasteiger partial charge on any atom is -0.481 e. The van der Waals surface area contributed by atoms with Crippen molar-refractivity contribution in [1.82, 2.24) is 20.9 Å². The van der Waals surface area contributed by atoms with E-state index in [1.165, 1.54) is 0 Å². The zero-order valence-electron chi connectivity index (χ0n) is 22.7. The monoisotopic (exact) mass is 545 g/mol. The molecule has 8 N–H and O–H groups in total. The van der Waals surface area contributed by atoms with Crippen LogP contribution in [-0.2, 0) is 30.4 Å². The van der Waals surface area contributed by atoms with Crippen molar-refractivity contribution in [3.05, 3.63) is 36.0 Å². The fourth-order valence-corrected chi connectivity index (χ4v) is 4.20. The number of aliphatic carboxylic acids is 2. The number of nitrogens with two attached hydrogens (primary N) is 1. The van der Waals surface area contributed by atoms with E-state index in [4.69, 9.17) is 10.8 Å². The lowest BCUT2D eigenvalue weighted by atomic mass is 10.00. The summed E-state index contributed by atoms with van der Waals surface area (Å²) in [6.07, 6.45) is 1.44. The van der Waals surface area contributed by atoms with Crippen LogP contribution in [0.2, 0.25) is 0 Å². The molecule has 0 aliphatic heterocycles. The number of carboxylic acid groups (broad SMARTS) is 2. The van der Waals surface area contributed by atoms with Crippen LogP contribution in [0.5, 0.6) is 0 Å². The van der Waals surface area contributed by atoms with Crippen LogP contribution in [0.4, 0.5) is 0 Å². The number of hydrogen-bond donors (Lipinski definition) is 7. The van der Waals surface area contributed by atoms with Gasteiger partial charge in [-0.05, 0) is 36.3 Å². The minimum atomic E-state index is -1.27. The average Bonchev–Trinajstić information content (AvgIpc) is 3.26. The Kier molecular flexibility index (Phi) is 11.5. The smallest absolute Gasteiger partial charge is 0.326 e. The summed E-state index contributed by atoms with van der Waals surface area (Å²) in [6, 6.07) is 2.82. The molecule has 4 unspecified atom stereocenters. The van der Waals surface area contributed by atoms with Crippen LogP contribution in [0.15, 0.2) is 30.5 Å². The molecule has 0 bridgehead atoms. The lowest BCUT2D eigenvalue weighted by Gasteiger charge is -2.27. The summed E-state index contributed by atoms with van der Waals surface area (Å²) >= 11 is 0. The first-order valence-electron chi connectivity index (χ1n) is 13.0. The van der Waals surface area contributed by atoms with E-state index in [9.17, 15) is 29.1 Å². The highest BCUT2D eigenvalue weighted by Gasteiger charge is 2.32. The number of amides is 3. The zero-order chi connectivity index (χ0) is 29.3. The molecule has 12 nitrogen and oxygen atoms in total. The number of aromatic nitrogens is 1. The Labute approximate surface area is 227 Å². The van der Waals surface area contributed by atoms with Crippen LogP contribution in [0.25, 0.3) is 10.9 Å². The van der Waals surface area contributed by atoms with Gasteiger partial charge in [0.2, 0.25) is 17.7 Å². The van der Waals surface area contributed by atoms with Gasteiger partial charge in [-0.15, -0.1) is 0 Å². The van der Waals surface area contributed by atoms with Gasteiger partial charge in [0, 0.05) is 29.9 Å². The number of rotatable bonds is 15. The number of aromatic amines is 1. The average molecular weight is 546 g/mol. The number of carbonyl (C=O) groups excluding carboxylic acids is 3. The van der Waals surface area contributed by atoms with Crippen molar-refractivity contribution in [2.75, 3.05) is 0 Å². The molecule has 0 spiro atoms. The van der Waals surface area contributed by atoms with E-state index in [2.05, 4.69) is 20.9 Å². The number of carboxylic acids is 2. The van der Waals surface area contributed by atoms with E-state index in [1.54, 1.807) is 20.0 Å². The highest BCUT2D eigenvalue weighted by molar-refractivity contribution is 5.94. The quantitative estimate of drug-likeness (QED) is 0.172. The molecule has 214 valence electrons. The van der Waals surface area contributed by atoms with Crippen LogP contribution in [0, 0.1) is 11.8 Å². The second-order valence-corrected chi connectivity index (χ2v) is 10.4. The van der Waals surface area contributed by atoms with Crippen LogP contribution in [-0.4, -0.2) is 69.0 Å². The minimum absolute atomic E-state index is 0.00881. The third kappa shape index (κ3) is 9.40. The Morgan fingerprint density at radius 2 is 1.54 bits per heavy atom. The molecule has 2 aromatic rings. The van der Waals surface area contributed by atoms with Gasteiger partial charge in [-0.1, -0.05) is 45.9 Å². The standard InChI is InChI=1S/C27H39N5O7/c1-14(2)11-18(28)24(35)30-20(9-10-22(33)34)25(36)32-23(15(3)4)26(37)31-21(27(38)39)12-16-13-29-19-8-6-5-7-17(16)19/h5-8,13-15,18,20-21,23,29H,9-12,28H2,1-4H3,(H,30,35)(H,31,37)(H,32,36)(H,33,34)(H,38,39). The van der Waals surface area contributed by atoms with Gasteiger partial charge in [0.1, 0.15) is 18.1 Å². The molecule has 1 aromatic carbocycles. The third-order valence-electron chi connectivity index (χ3n) is 6.30. The van der Waals surface area contributed by atoms with Crippen molar-refractivity contribution >= 4 is 40.6 Å². The SMILES string of the molecule is CC(C)CC(N)C(=O)NC(CCC(=O)O)C(=O)NC(C(=O)NC(Cc1c[nH]c2ccccc12)C(=O)O)C(C)C. The molecule has 2 rings (SSSR count). The number of fused-ring (bicyclic) bond motifs is 1. The first kappa shape index (κ1) is 31.3. The van der Waals surface area contributed by atoms with Crippen LogP contribution in [0.1, 0.15) is 52.5 Å². The second kappa shape index (κ2) is 14.3. The first-order valence-corrected chi connectivity index (χ1v) is 13.0. The van der Waals surface area contributed by atoms with Gasteiger partial charge in [0.15, 0.2) is 0 Å². The Morgan fingerprint density at radius 3 is 2.13 bits per heavy atom. The number of para-hydroxylation sites is 1. The first-order chi connectivity index (χ1) is 18.3. The van der Waals surface area contributed by atoms with E-state index < -0.39 is 66.2 Å². The molecule has 39 heavy (non-hydrogen) atoms. The van der Waals surface area contributed by atoms with Gasteiger partial charge < -0.3 is 36.9 Å². The normalized spacial score (nSPS) is 14.4. The molecule has 0 fully saturated rings. The van der Waals surface area contributed by atoms with Crippen molar-refractivity contribution in [2.24, 2.45) is 17.6 Å². The topological polar surface area (TPSA) is 204 Å². The lowest BCUT2D eigenvalue weighted by molar-refractivity contribution is -0.142. The highest BCUT2D eigenvalue weighted by Crippen LogP contribution is 2.19. The molecular weight excluding hydrogens is 506 g/mol. The Balaban J connectivity index is 2.16. The molecule has 1 aromatic heterocycles. The molecule has 0 aliphatic rings. The van der Waals surface area contributed by atoms with Gasteiger partial charge in [0.05, 0.1) is 6.04 Å². The molecule has 0 aliphatic carbocycles. The Morgan fingerprint density at radius 1 is 0.897 bits per heavy atom. The lowest BCUT2D eigenvalue weighted by Crippen LogP contribution is -2.58. The predicted molar refractivity (Wildman–Crippen MR) is 145 cm³/mol. The number of nitrogens with one attached hydrogen (secondary N) is 4. The summed E-state index contributed by atoms with van der Waals surface area (Å²) in [5.41, 5.74) is 7.45. The summed E-state index contributed by atoms with van der Waals surface area (Å²) in [5.74, 6) is -4.82. The molecule has 3 amide bonds. The highest BCUT2D eigenvalue weighted by atomic mass is 16.4. The number of H-pyrrole nitrogens is 1. The summed E-state index contributed by atoms with van der Waals surface area (Å²) in [5, 5.41) is 27.3. The van der Waals surface area contributed by atoms with Crippen molar-refractivity contribution in [3.63, 3.8) is 0 Å². The number of benzene rings is 1. The van der Waals surface area contributed by atoms with E-state index in [-0.39, 0.29) is 18.8 Å². The Hall–Kier alpha value is -3.93. The van der Waals surface area contributed by atoms with Gasteiger partial charge in [0.25, 0.3) is 0 Å². The number of hydrogen-bond acceptors (Lipinski definition) is 6. The maximum absolute atomic E-state index is 13.2. The number of carbonyl (C=O) groups is 5. The largest absolute Gasteiger partial charge is 0.481 e. The second-order valence-electron chi connectivity index (χ2n) is 10.4. The van der Waals surface area contributed by atoms with Crippen LogP contribution >= 0.6 is 0 Å². The molecule has 0 saturated heterocycles. The summed E-state index contributed by atoms with van der Waals surface area (Å²) in [4.78, 5) is 65.0. The van der Waals surface area contributed by atoms with E-state index in [0.29, 0.717) is 12.0 Å². The summed E-state index contributed by atoms with van der Waals surface area (Å²) in [7, 11) is 0. The molecule has 0 radical (unpaired) electrons. The van der Waals surface area contributed by atoms with E-state index in [1.807, 2.05) is 38.1 Å². The predicted octanol–water partition coefficient (Wildman–Crippen LogP) is 1.14. The van der Waals surface area contributed by atoms with Gasteiger partial charge >= 0.3 is 11.9 Å². The maximum atomic E-state index is 13.2. The van der Waals surface area contributed by atoms with Crippen molar-refractivity contribution in [1.29, 1.82) is 0 Å². The van der Waals surface area contributed by atoms with Crippen LogP contribution < -0.4 is 21.7 Å². The van der Waals surface area contributed by atoms with Gasteiger partial charge in [-0.25, -0.2) is 4.79 Å². The molecular formula is C27H39N5O7. The molecule has 12 heteroatoms.